The third-order valence-corrected chi connectivity index (χ3v) is 4.57. The van der Waals surface area contributed by atoms with E-state index in [9.17, 15) is 19.6 Å². The standard InChI is InChI=1S/C14H30N2O10P2/c15-6-2-1-3-11(8-24-27(21)22)9-25-28(23)26-10-12(7-17)16-13(18)4-5-14(19)20/h11-12,17,21-23H,1-10,15H2,(H,16,18)(H,19,20). The molecule has 0 heterocycles. The van der Waals surface area contributed by atoms with Gasteiger partial charge in [0.1, 0.15) is 0 Å². The Morgan fingerprint density at radius 2 is 1.64 bits per heavy atom. The van der Waals surface area contributed by atoms with Crippen molar-refractivity contribution < 1.29 is 48.1 Å². The van der Waals surface area contributed by atoms with Gasteiger partial charge in [0.2, 0.25) is 5.91 Å². The van der Waals surface area contributed by atoms with E-state index >= 15 is 0 Å². The Kier molecular flexibility index (Phi) is 17.0. The Morgan fingerprint density at radius 1 is 1.00 bits per heavy atom. The minimum Gasteiger partial charge on any atom is -0.481 e. The molecule has 0 saturated carbocycles. The van der Waals surface area contributed by atoms with Crippen LogP contribution in [0.3, 0.4) is 0 Å². The quantitative estimate of drug-likeness (QED) is 0.106. The molecule has 0 aliphatic carbocycles. The van der Waals surface area contributed by atoms with Crippen molar-refractivity contribution in [3.05, 3.63) is 0 Å². The van der Waals surface area contributed by atoms with Crippen LogP contribution in [0.1, 0.15) is 32.1 Å². The SMILES string of the molecule is NCCCCC(COP(O)O)COP(O)OCC(CO)NC(=O)CCC(=O)O. The van der Waals surface area contributed by atoms with Gasteiger partial charge in [0.15, 0.2) is 0 Å². The summed E-state index contributed by atoms with van der Waals surface area (Å²) in [4.78, 5) is 49.4. The second-order valence-electron chi connectivity index (χ2n) is 5.87. The van der Waals surface area contributed by atoms with Gasteiger partial charge < -0.3 is 49.5 Å². The average Bonchev–Trinajstić information content (AvgIpc) is 2.64. The van der Waals surface area contributed by atoms with Gasteiger partial charge in [-0.05, 0) is 19.4 Å². The van der Waals surface area contributed by atoms with Gasteiger partial charge in [-0.2, -0.15) is 0 Å². The minimum atomic E-state index is -2.48. The van der Waals surface area contributed by atoms with Crippen molar-refractivity contribution in [1.82, 2.24) is 5.32 Å². The van der Waals surface area contributed by atoms with Gasteiger partial charge in [-0.1, -0.05) is 6.42 Å². The summed E-state index contributed by atoms with van der Waals surface area (Å²) in [5.41, 5.74) is 5.43. The Hall–Kier alpha value is -0.520. The van der Waals surface area contributed by atoms with E-state index in [1.54, 1.807) is 0 Å². The molecular weight excluding hydrogens is 418 g/mol. The lowest BCUT2D eigenvalue weighted by molar-refractivity contribution is -0.139. The molecule has 0 fully saturated rings. The molecular formula is C14H30N2O10P2. The van der Waals surface area contributed by atoms with Crippen molar-refractivity contribution in [3.63, 3.8) is 0 Å². The number of nitrogens with two attached hydrogens (primary N) is 1. The van der Waals surface area contributed by atoms with Crippen molar-refractivity contribution >= 4 is 29.1 Å². The molecule has 0 aromatic rings. The summed E-state index contributed by atoms with van der Waals surface area (Å²) >= 11 is 0. The highest BCUT2D eigenvalue weighted by Gasteiger charge is 2.18. The van der Waals surface area contributed by atoms with Crippen molar-refractivity contribution in [2.75, 3.05) is 33.0 Å². The van der Waals surface area contributed by atoms with Gasteiger partial charge in [0.05, 0.1) is 38.9 Å². The number of hydrogen-bond donors (Lipinski definition) is 7. The van der Waals surface area contributed by atoms with Crippen LogP contribution in [0.2, 0.25) is 0 Å². The number of carboxylic acid groups (broad SMARTS) is 1. The van der Waals surface area contributed by atoms with E-state index in [1.165, 1.54) is 0 Å². The van der Waals surface area contributed by atoms with Gasteiger partial charge >= 0.3 is 23.2 Å². The Balaban J connectivity index is 4.22. The fourth-order valence-corrected chi connectivity index (χ4v) is 3.05. The van der Waals surface area contributed by atoms with Gasteiger partial charge in [0, 0.05) is 12.3 Å². The smallest absolute Gasteiger partial charge is 0.329 e. The molecule has 0 aromatic carbocycles. The van der Waals surface area contributed by atoms with Crippen molar-refractivity contribution in [2.45, 2.75) is 38.1 Å². The predicted molar refractivity (Wildman–Crippen MR) is 101 cm³/mol. The maximum atomic E-state index is 11.5. The second kappa shape index (κ2) is 17.3. The molecule has 3 atom stereocenters. The van der Waals surface area contributed by atoms with Crippen molar-refractivity contribution in [1.29, 1.82) is 0 Å². The number of aliphatic hydroxyl groups excluding tert-OH is 1. The zero-order valence-corrected chi connectivity index (χ0v) is 17.3. The predicted octanol–water partition coefficient (Wildman–Crippen LogP) is -0.446. The molecule has 1 amide bonds. The van der Waals surface area contributed by atoms with Crippen molar-refractivity contribution in [3.8, 4) is 0 Å². The van der Waals surface area contributed by atoms with Crippen molar-refractivity contribution in [2.24, 2.45) is 11.7 Å². The third-order valence-electron chi connectivity index (χ3n) is 3.45. The fraction of sp³-hybridized carbons (Fsp3) is 0.857. The third kappa shape index (κ3) is 16.4. The summed E-state index contributed by atoms with van der Waals surface area (Å²) in [5.74, 6) is -1.88. The van der Waals surface area contributed by atoms with Gasteiger partial charge in [-0.3, -0.25) is 9.59 Å². The minimum absolute atomic E-state index is 0.0331. The lowest BCUT2D eigenvalue weighted by atomic mass is 10.0. The molecule has 28 heavy (non-hydrogen) atoms. The highest BCUT2D eigenvalue weighted by Crippen LogP contribution is 2.34. The van der Waals surface area contributed by atoms with Crippen LogP contribution >= 0.6 is 17.2 Å². The molecule has 0 aliphatic rings. The van der Waals surface area contributed by atoms with Gasteiger partial charge in [-0.15, -0.1) is 0 Å². The van der Waals surface area contributed by atoms with Crippen LogP contribution in [-0.2, 0) is 23.2 Å². The number of rotatable bonds is 18. The number of hydrogen-bond acceptors (Lipinski definition) is 10. The maximum absolute atomic E-state index is 11.5. The summed E-state index contributed by atoms with van der Waals surface area (Å²) in [5, 5.41) is 20.1. The summed E-state index contributed by atoms with van der Waals surface area (Å²) in [6.07, 6.45) is 1.63. The first kappa shape index (κ1) is 27.5. The van der Waals surface area contributed by atoms with E-state index < -0.39 is 41.7 Å². The lowest BCUT2D eigenvalue weighted by Gasteiger charge is -2.20. The summed E-state index contributed by atoms with van der Waals surface area (Å²) in [6, 6.07) is -0.821. The molecule has 0 bridgehead atoms. The van der Waals surface area contributed by atoms with Crippen LogP contribution in [0.4, 0.5) is 0 Å². The van der Waals surface area contributed by atoms with E-state index in [0.717, 1.165) is 12.8 Å². The molecule has 12 nitrogen and oxygen atoms in total. The molecule has 0 spiro atoms. The van der Waals surface area contributed by atoms with E-state index in [0.29, 0.717) is 13.0 Å². The number of carbonyl (C=O) groups excluding carboxylic acids is 1. The van der Waals surface area contributed by atoms with Crippen LogP contribution in [0, 0.1) is 5.92 Å². The Labute approximate surface area is 166 Å². The Morgan fingerprint density at radius 3 is 2.21 bits per heavy atom. The van der Waals surface area contributed by atoms with Gasteiger partial charge in [0.25, 0.3) is 0 Å². The fourth-order valence-electron chi connectivity index (χ4n) is 1.98. The summed E-state index contributed by atoms with van der Waals surface area (Å²) < 4.78 is 15.1. The molecule has 0 aromatic heterocycles. The number of aliphatic hydroxyl groups is 1. The number of carboxylic acids is 1. The normalized spacial score (nSPS) is 14.6. The Bertz CT molecular complexity index is 433. The van der Waals surface area contributed by atoms with Crippen LogP contribution in [0.15, 0.2) is 0 Å². The molecule has 166 valence electrons. The molecule has 8 N–H and O–H groups in total. The molecule has 0 radical (unpaired) electrons. The molecule has 0 rings (SSSR count). The van der Waals surface area contributed by atoms with Crippen LogP contribution in [-0.4, -0.2) is 75.8 Å². The van der Waals surface area contributed by atoms with Gasteiger partial charge in [-0.25, -0.2) is 0 Å². The topological polar surface area (TPSA) is 201 Å². The molecule has 3 unspecified atom stereocenters. The first-order valence-electron chi connectivity index (χ1n) is 8.66. The van der Waals surface area contributed by atoms with E-state index in [2.05, 4.69) is 5.32 Å². The monoisotopic (exact) mass is 448 g/mol. The van der Waals surface area contributed by atoms with Crippen LogP contribution in [0.25, 0.3) is 0 Å². The zero-order chi connectivity index (χ0) is 21.4. The van der Waals surface area contributed by atoms with E-state index in [4.69, 9.17) is 34.2 Å². The number of amides is 1. The maximum Gasteiger partial charge on any atom is 0.329 e. The van der Waals surface area contributed by atoms with E-state index in [1.807, 2.05) is 0 Å². The highest BCUT2D eigenvalue weighted by atomic mass is 31.2. The largest absolute Gasteiger partial charge is 0.481 e. The number of unbranched alkanes of at least 4 members (excludes halogenated alkanes) is 1. The average molecular weight is 448 g/mol. The zero-order valence-electron chi connectivity index (χ0n) is 15.5. The highest BCUT2D eigenvalue weighted by molar-refractivity contribution is 7.40. The number of carbonyl (C=O) groups is 2. The summed E-state index contributed by atoms with van der Waals surface area (Å²) in [7, 11) is -4.78. The molecule has 0 saturated heterocycles. The summed E-state index contributed by atoms with van der Waals surface area (Å²) in [6.45, 7) is -0.0910. The van der Waals surface area contributed by atoms with E-state index in [-0.39, 0.29) is 38.6 Å². The second-order valence-corrected chi connectivity index (χ2v) is 7.62. The molecule has 14 heteroatoms. The number of aliphatic carboxylic acids is 1. The lowest BCUT2D eigenvalue weighted by Crippen LogP contribution is -2.40. The van der Waals surface area contributed by atoms with Crippen LogP contribution < -0.4 is 11.1 Å². The van der Waals surface area contributed by atoms with Crippen LogP contribution in [0.5, 0.6) is 0 Å². The first-order chi connectivity index (χ1) is 13.3. The number of nitrogens with one attached hydrogen (secondary N) is 1. The first-order valence-corrected chi connectivity index (χ1v) is 11.0. The molecule has 0 aliphatic heterocycles.